The molecule has 1 amide bonds. The fourth-order valence-electron chi connectivity index (χ4n) is 1.83. The Labute approximate surface area is 113 Å². The second kappa shape index (κ2) is 4.30. The molecule has 4 heteroatoms. The van der Waals surface area contributed by atoms with Gasteiger partial charge in [0.05, 0.1) is 0 Å². The van der Waals surface area contributed by atoms with Crippen molar-refractivity contribution in [3.63, 3.8) is 0 Å². The van der Waals surface area contributed by atoms with Crippen LogP contribution in [0.1, 0.15) is 10.0 Å². The molecular formula is C13H8BrNOSe. The molecule has 17 heavy (non-hydrogen) atoms. The van der Waals surface area contributed by atoms with Gasteiger partial charge in [-0.3, -0.25) is 0 Å². The summed E-state index contributed by atoms with van der Waals surface area (Å²) in [5, 5.41) is 2.88. The molecule has 3 rings (SSSR count). The van der Waals surface area contributed by atoms with Crippen LogP contribution in [0.15, 0.2) is 39.7 Å². The molecule has 1 N–H and O–H groups in total. The van der Waals surface area contributed by atoms with E-state index in [4.69, 9.17) is 0 Å². The third-order valence-corrected chi connectivity index (χ3v) is 4.81. The first-order valence-corrected chi connectivity index (χ1v) is 7.74. The molecule has 84 valence electrons. The van der Waals surface area contributed by atoms with Crippen LogP contribution in [0.4, 0.5) is 5.69 Å². The van der Waals surface area contributed by atoms with E-state index in [1.165, 1.54) is 4.44 Å². The normalized spacial score (nSPS) is 16.1. The monoisotopic (exact) mass is 353 g/mol. The number of benzene rings is 1. The van der Waals surface area contributed by atoms with Crippen molar-refractivity contribution >= 4 is 53.7 Å². The summed E-state index contributed by atoms with van der Waals surface area (Å²) >= 11 is 3.77. The van der Waals surface area contributed by atoms with E-state index in [2.05, 4.69) is 32.3 Å². The number of amides is 1. The predicted molar refractivity (Wildman–Crippen MR) is 74.0 cm³/mol. The summed E-state index contributed by atoms with van der Waals surface area (Å²) in [6.45, 7) is 0. The van der Waals surface area contributed by atoms with E-state index in [-0.39, 0.29) is 5.91 Å². The molecule has 2 aromatic rings. The van der Waals surface area contributed by atoms with Gasteiger partial charge in [-0.1, -0.05) is 0 Å². The molecule has 0 spiro atoms. The molecular weight excluding hydrogens is 345 g/mol. The molecule has 0 bridgehead atoms. The van der Waals surface area contributed by atoms with Crippen molar-refractivity contribution in [3.05, 3.63) is 49.7 Å². The average Bonchev–Trinajstić information content (AvgIpc) is 2.88. The van der Waals surface area contributed by atoms with Gasteiger partial charge in [0.2, 0.25) is 0 Å². The summed E-state index contributed by atoms with van der Waals surface area (Å²) in [4.78, 5) is 14.0. The van der Waals surface area contributed by atoms with E-state index in [1.54, 1.807) is 0 Å². The molecule has 0 atom stereocenters. The van der Waals surface area contributed by atoms with Gasteiger partial charge in [-0.05, 0) is 0 Å². The van der Waals surface area contributed by atoms with Gasteiger partial charge in [0, 0.05) is 0 Å². The van der Waals surface area contributed by atoms with Crippen molar-refractivity contribution in [2.45, 2.75) is 0 Å². The van der Waals surface area contributed by atoms with Crippen molar-refractivity contribution in [1.82, 2.24) is 0 Å². The quantitative estimate of drug-likeness (QED) is 0.620. The number of carbonyl (C=O) groups excluding carboxylic acids is 1. The zero-order valence-electron chi connectivity index (χ0n) is 8.74. The fourth-order valence-corrected chi connectivity index (χ4v) is 3.57. The van der Waals surface area contributed by atoms with Gasteiger partial charge >= 0.3 is 114 Å². The van der Waals surface area contributed by atoms with Crippen LogP contribution >= 0.6 is 15.9 Å². The Bertz CT molecular complexity index is 616. The molecule has 0 saturated heterocycles. The summed E-state index contributed by atoms with van der Waals surface area (Å²) in [6, 6.07) is 9.97. The Morgan fingerprint density at radius 1 is 1.29 bits per heavy atom. The molecule has 1 aliphatic heterocycles. The number of nitrogens with one attached hydrogen (secondary N) is 1. The first kappa shape index (κ1) is 11.0. The fraction of sp³-hybridized carbons (Fsp3) is 0. The second-order valence-electron chi connectivity index (χ2n) is 3.72. The molecule has 2 nitrogen and oxygen atoms in total. The molecule has 0 aliphatic carbocycles. The Hall–Kier alpha value is -1.09. The summed E-state index contributed by atoms with van der Waals surface area (Å²) in [6.07, 6.45) is 2.00. The van der Waals surface area contributed by atoms with E-state index in [1.807, 2.05) is 30.3 Å². The number of hydrogen-bond acceptors (Lipinski definition) is 1. The van der Waals surface area contributed by atoms with E-state index < -0.39 is 0 Å². The van der Waals surface area contributed by atoms with E-state index in [0.717, 1.165) is 21.3 Å². The van der Waals surface area contributed by atoms with Gasteiger partial charge in [-0.25, -0.2) is 0 Å². The molecule has 0 saturated carbocycles. The number of hydrogen-bond donors (Lipinski definition) is 1. The van der Waals surface area contributed by atoms with Gasteiger partial charge in [0.25, 0.3) is 0 Å². The zero-order chi connectivity index (χ0) is 11.8. The van der Waals surface area contributed by atoms with E-state index >= 15 is 0 Å². The summed E-state index contributed by atoms with van der Waals surface area (Å²) < 4.78 is 2.21. The maximum absolute atomic E-state index is 11.9. The minimum absolute atomic E-state index is 0.0123. The van der Waals surface area contributed by atoms with Crippen LogP contribution in [-0.4, -0.2) is 20.4 Å². The maximum atomic E-state index is 11.9. The van der Waals surface area contributed by atoms with Gasteiger partial charge < -0.3 is 0 Å². The first-order chi connectivity index (χ1) is 8.24. The van der Waals surface area contributed by atoms with Gasteiger partial charge in [-0.2, -0.15) is 0 Å². The van der Waals surface area contributed by atoms with Gasteiger partial charge in [0.1, 0.15) is 0 Å². The molecule has 2 heterocycles. The number of halogens is 1. The van der Waals surface area contributed by atoms with Crippen LogP contribution in [0.2, 0.25) is 0 Å². The first-order valence-electron chi connectivity index (χ1n) is 5.10. The second-order valence-corrected chi connectivity index (χ2v) is 6.69. The minimum atomic E-state index is -0.0123. The number of anilines is 1. The third kappa shape index (κ3) is 2.04. The van der Waals surface area contributed by atoms with Crippen molar-refractivity contribution in [3.8, 4) is 0 Å². The molecule has 0 radical (unpaired) electrons. The molecule has 1 aromatic carbocycles. The average molecular weight is 353 g/mol. The molecule has 0 fully saturated rings. The standard InChI is InChI=1S/C13H8BrNOSe/c14-8-3-4-10-11(7-9-2-1-5-17-9)13(16)15-12(10)6-8/h1-7H,(H,15,16). The Morgan fingerprint density at radius 2 is 2.18 bits per heavy atom. The number of fused-ring (bicyclic) bond motifs is 1. The van der Waals surface area contributed by atoms with Crippen molar-refractivity contribution < 1.29 is 4.79 Å². The molecule has 1 aromatic heterocycles. The number of carbonyl (C=O) groups is 1. The Morgan fingerprint density at radius 3 is 2.94 bits per heavy atom. The van der Waals surface area contributed by atoms with Gasteiger partial charge in [-0.15, -0.1) is 0 Å². The van der Waals surface area contributed by atoms with Crippen LogP contribution in [0, 0.1) is 0 Å². The van der Waals surface area contributed by atoms with Crippen LogP contribution in [0.25, 0.3) is 11.6 Å². The van der Waals surface area contributed by atoms with Crippen LogP contribution in [0.5, 0.6) is 0 Å². The van der Waals surface area contributed by atoms with Crippen LogP contribution < -0.4 is 5.32 Å². The third-order valence-electron chi connectivity index (χ3n) is 2.59. The van der Waals surface area contributed by atoms with Crippen molar-refractivity contribution in [2.24, 2.45) is 0 Å². The van der Waals surface area contributed by atoms with E-state index in [9.17, 15) is 4.79 Å². The van der Waals surface area contributed by atoms with Gasteiger partial charge in [0.15, 0.2) is 0 Å². The van der Waals surface area contributed by atoms with E-state index in [0.29, 0.717) is 14.5 Å². The Kier molecular flexibility index (Phi) is 2.79. The predicted octanol–water partition coefficient (Wildman–Crippen LogP) is 3.00. The summed E-state index contributed by atoms with van der Waals surface area (Å²) in [5.41, 5.74) is 2.64. The summed E-state index contributed by atoms with van der Waals surface area (Å²) in [7, 11) is 0. The summed E-state index contributed by atoms with van der Waals surface area (Å²) in [5.74, 6) is -0.0123. The molecule has 1 aliphatic rings. The zero-order valence-corrected chi connectivity index (χ0v) is 12.0. The van der Waals surface area contributed by atoms with Crippen LogP contribution in [0.3, 0.4) is 0 Å². The van der Waals surface area contributed by atoms with Crippen LogP contribution in [-0.2, 0) is 4.79 Å². The van der Waals surface area contributed by atoms with Crippen molar-refractivity contribution in [1.29, 1.82) is 0 Å². The number of rotatable bonds is 1. The van der Waals surface area contributed by atoms with Crippen molar-refractivity contribution in [2.75, 3.05) is 5.32 Å². The topological polar surface area (TPSA) is 29.1 Å². The Balaban J connectivity index is 2.11. The molecule has 0 unspecified atom stereocenters. The SMILES string of the molecule is O=C1Nc2cc(Br)ccc2C1=Cc1ccc[se]1.